The molecule has 0 aromatic heterocycles. The van der Waals surface area contributed by atoms with Crippen LogP contribution < -0.4 is 25.4 Å². The average Bonchev–Trinajstić information content (AvgIpc) is 2.67. The number of anilines is 1. The summed E-state index contributed by atoms with van der Waals surface area (Å²) in [4.78, 5) is 13.1. The lowest BCUT2D eigenvalue weighted by Gasteiger charge is -2.35. The summed E-state index contributed by atoms with van der Waals surface area (Å²) in [5, 5.41) is 9.17. The SMILES string of the molecule is C=C1NC(=S)N[C@@H](c2ccc(F)cc2)[C@@H]1C(=O)Nc1cc(OC)ccc1OC. The first kappa shape index (κ1) is 19.6. The molecule has 2 aromatic carbocycles. The Hall–Kier alpha value is -3.13. The molecule has 1 amide bonds. The lowest BCUT2D eigenvalue weighted by molar-refractivity contribution is -0.119. The molecule has 0 unspecified atom stereocenters. The predicted molar refractivity (Wildman–Crippen MR) is 109 cm³/mol. The number of nitrogens with one attached hydrogen (secondary N) is 3. The van der Waals surface area contributed by atoms with Gasteiger partial charge in [-0.05, 0) is 42.0 Å². The van der Waals surface area contributed by atoms with Gasteiger partial charge in [-0.3, -0.25) is 4.79 Å². The minimum Gasteiger partial charge on any atom is -0.497 e. The topological polar surface area (TPSA) is 71.6 Å². The maximum absolute atomic E-state index is 13.3. The molecule has 1 heterocycles. The van der Waals surface area contributed by atoms with E-state index in [1.807, 2.05) is 0 Å². The summed E-state index contributed by atoms with van der Waals surface area (Å²) in [6, 6.07) is 10.5. The van der Waals surface area contributed by atoms with E-state index in [0.29, 0.717) is 33.6 Å². The standard InChI is InChI=1S/C20H20FN3O3S/c1-11-17(18(24-20(28)22-11)12-4-6-13(21)7-5-12)19(25)23-15-10-14(26-2)8-9-16(15)27-3/h4-10,17-18H,1H2,2-3H3,(H,23,25)(H2,22,24,28)/t17-,18+/m1/s1. The van der Waals surface area contributed by atoms with Crippen LogP contribution in [0.3, 0.4) is 0 Å². The average molecular weight is 401 g/mol. The van der Waals surface area contributed by atoms with Crippen molar-refractivity contribution in [2.24, 2.45) is 5.92 Å². The Bertz CT molecular complexity index is 917. The molecular formula is C20H20FN3O3S. The second-order valence-electron chi connectivity index (χ2n) is 6.19. The first-order valence-corrected chi connectivity index (χ1v) is 8.88. The van der Waals surface area contributed by atoms with E-state index >= 15 is 0 Å². The van der Waals surface area contributed by atoms with Gasteiger partial charge in [0, 0.05) is 11.8 Å². The van der Waals surface area contributed by atoms with Crippen LogP contribution in [-0.4, -0.2) is 25.2 Å². The number of carbonyl (C=O) groups is 1. The number of halogens is 1. The zero-order valence-corrected chi connectivity index (χ0v) is 16.2. The highest BCUT2D eigenvalue weighted by molar-refractivity contribution is 7.80. The Kier molecular flexibility index (Phi) is 5.79. The molecule has 3 rings (SSSR count). The van der Waals surface area contributed by atoms with Crippen LogP contribution in [0.2, 0.25) is 0 Å². The fourth-order valence-corrected chi connectivity index (χ4v) is 3.32. The minimum absolute atomic E-state index is 0.326. The van der Waals surface area contributed by atoms with Crippen LogP contribution in [0.5, 0.6) is 11.5 Å². The Morgan fingerprint density at radius 3 is 2.54 bits per heavy atom. The first-order chi connectivity index (χ1) is 13.4. The minimum atomic E-state index is -0.701. The smallest absolute Gasteiger partial charge is 0.235 e. The fraction of sp³-hybridized carbons (Fsp3) is 0.200. The predicted octanol–water partition coefficient (Wildman–Crippen LogP) is 3.13. The molecule has 3 N–H and O–H groups in total. The van der Waals surface area contributed by atoms with Crippen LogP contribution in [0.4, 0.5) is 10.1 Å². The second kappa shape index (κ2) is 8.26. The highest BCUT2D eigenvalue weighted by atomic mass is 32.1. The molecule has 1 fully saturated rings. The highest BCUT2D eigenvalue weighted by Gasteiger charge is 2.37. The number of methoxy groups -OCH3 is 2. The van der Waals surface area contributed by atoms with Crippen LogP contribution in [0.1, 0.15) is 11.6 Å². The Labute approximate surface area is 167 Å². The van der Waals surface area contributed by atoms with E-state index in [1.54, 1.807) is 30.3 Å². The molecule has 0 spiro atoms. The largest absolute Gasteiger partial charge is 0.497 e. The van der Waals surface area contributed by atoms with Crippen molar-refractivity contribution in [3.8, 4) is 11.5 Å². The van der Waals surface area contributed by atoms with Crippen LogP contribution in [-0.2, 0) is 4.79 Å². The monoisotopic (exact) mass is 401 g/mol. The van der Waals surface area contributed by atoms with Gasteiger partial charge in [0.15, 0.2) is 5.11 Å². The number of rotatable bonds is 5. The van der Waals surface area contributed by atoms with E-state index in [4.69, 9.17) is 21.7 Å². The fourth-order valence-electron chi connectivity index (χ4n) is 3.06. The Morgan fingerprint density at radius 1 is 1.18 bits per heavy atom. The van der Waals surface area contributed by atoms with Crippen molar-refractivity contribution in [3.63, 3.8) is 0 Å². The van der Waals surface area contributed by atoms with Gasteiger partial charge >= 0.3 is 0 Å². The van der Waals surface area contributed by atoms with E-state index in [1.165, 1.54) is 26.4 Å². The zero-order chi connectivity index (χ0) is 20.3. The Balaban J connectivity index is 1.92. The van der Waals surface area contributed by atoms with E-state index < -0.39 is 12.0 Å². The Morgan fingerprint density at radius 2 is 1.89 bits per heavy atom. The maximum Gasteiger partial charge on any atom is 0.235 e. The van der Waals surface area contributed by atoms with Gasteiger partial charge in [0.25, 0.3) is 0 Å². The van der Waals surface area contributed by atoms with Crippen molar-refractivity contribution in [3.05, 3.63) is 66.1 Å². The molecule has 2 aromatic rings. The highest BCUT2D eigenvalue weighted by Crippen LogP contribution is 2.33. The summed E-state index contributed by atoms with van der Waals surface area (Å²) in [6.07, 6.45) is 0. The van der Waals surface area contributed by atoms with E-state index in [9.17, 15) is 9.18 Å². The summed E-state index contributed by atoms with van der Waals surface area (Å²) >= 11 is 5.20. The lowest BCUT2D eigenvalue weighted by atomic mass is 9.88. The molecule has 0 bridgehead atoms. The maximum atomic E-state index is 13.3. The normalized spacial score (nSPS) is 18.7. The molecule has 146 valence electrons. The third-order valence-electron chi connectivity index (χ3n) is 4.45. The second-order valence-corrected chi connectivity index (χ2v) is 6.59. The van der Waals surface area contributed by atoms with Crippen LogP contribution in [0.15, 0.2) is 54.7 Å². The van der Waals surface area contributed by atoms with Crippen LogP contribution >= 0.6 is 12.2 Å². The molecular weight excluding hydrogens is 381 g/mol. The van der Waals surface area contributed by atoms with Crippen molar-refractivity contribution >= 4 is 28.9 Å². The van der Waals surface area contributed by atoms with E-state index in [0.717, 1.165) is 0 Å². The molecule has 1 aliphatic rings. The number of benzene rings is 2. The lowest BCUT2D eigenvalue weighted by Crippen LogP contribution is -2.51. The number of hydrogen-bond acceptors (Lipinski definition) is 4. The number of ether oxygens (including phenoxy) is 2. The third-order valence-corrected chi connectivity index (χ3v) is 4.67. The molecule has 1 aliphatic heterocycles. The molecule has 0 saturated carbocycles. The molecule has 0 aliphatic carbocycles. The number of hydrogen-bond donors (Lipinski definition) is 3. The third kappa shape index (κ3) is 4.07. The van der Waals surface area contributed by atoms with Crippen LogP contribution in [0, 0.1) is 11.7 Å². The van der Waals surface area contributed by atoms with Gasteiger partial charge < -0.3 is 25.4 Å². The van der Waals surface area contributed by atoms with Crippen molar-refractivity contribution in [1.29, 1.82) is 0 Å². The number of carbonyl (C=O) groups excluding carboxylic acids is 1. The number of amides is 1. The van der Waals surface area contributed by atoms with Gasteiger partial charge in [0.2, 0.25) is 5.91 Å². The molecule has 28 heavy (non-hydrogen) atoms. The van der Waals surface area contributed by atoms with Gasteiger partial charge in [-0.1, -0.05) is 18.7 Å². The van der Waals surface area contributed by atoms with Gasteiger partial charge in [-0.25, -0.2) is 4.39 Å². The molecule has 1 saturated heterocycles. The van der Waals surface area contributed by atoms with Crippen molar-refractivity contribution in [1.82, 2.24) is 10.6 Å². The van der Waals surface area contributed by atoms with Crippen molar-refractivity contribution in [2.75, 3.05) is 19.5 Å². The van der Waals surface area contributed by atoms with Crippen molar-refractivity contribution < 1.29 is 18.7 Å². The van der Waals surface area contributed by atoms with Gasteiger partial charge in [0.05, 0.1) is 25.9 Å². The molecule has 6 nitrogen and oxygen atoms in total. The van der Waals surface area contributed by atoms with Crippen molar-refractivity contribution in [2.45, 2.75) is 6.04 Å². The summed E-state index contributed by atoms with van der Waals surface area (Å²) in [7, 11) is 3.05. The summed E-state index contributed by atoms with van der Waals surface area (Å²) < 4.78 is 23.9. The molecule has 2 atom stereocenters. The summed E-state index contributed by atoms with van der Waals surface area (Å²) in [5.74, 6) is -0.320. The first-order valence-electron chi connectivity index (χ1n) is 8.47. The molecule has 8 heteroatoms. The zero-order valence-electron chi connectivity index (χ0n) is 15.4. The number of thiocarbonyl (C=S) groups is 1. The van der Waals surface area contributed by atoms with Gasteiger partial charge in [-0.15, -0.1) is 0 Å². The van der Waals surface area contributed by atoms with E-state index in [-0.39, 0.29) is 11.7 Å². The van der Waals surface area contributed by atoms with Crippen LogP contribution in [0.25, 0.3) is 0 Å². The summed E-state index contributed by atoms with van der Waals surface area (Å²) in [5.41, 5.74) is 1.62. The summed E-state index contributed by atoms with van der Waals surface area (Å²) in [6.45, 7) is 3.95. The quantitative estimate of drug-likeness (QED) is 0.669. The molecule has 0 radical (unpaired) electrons. The van der Waals surface area contributed by atoms with Gasteiger partial charge in [-0.2, -0.15) is 0 Å². The van der Waals surface area contributed by atoms with E-state index in [2.05, 4.69) is 22.5 Å². The van der Waals surface area contributed by atoms with Gasteiger partial charge in [0.1, 0.15) is 23.2 Å².